The van der Waals surface area contributed by atoms with Crippen molar-refractivity contribution in [3.8, 4) is 0 Å². The Morgan fingerprint density at radius 1 is 1.47 bits per heavy atom. The topological polar surface area (TPSA) is 89.3 Å². The molecule has 3 N–H and O–H groups in total. The maximum absolute atomic E-state index is 11.8. The fourth-order valence-electron chi connectivity index (χ4n) is 1.95. The van der Waals surface area contributed by atoms with E-state index in [9.17, 15) is 13.2 Å². The number of amides is 1. The van der Waals surface area contributed by atoms with Crippen LogP contribution >= 0.6 is 11.3 Å². The van der Waals surface area contributed by atoms with Crippen molar-refractivity contribution in [1.82, 2.24) is 5.32 Å². The van der Waals surface area contributed by atoms with Gasteiger partial charge in [0.05, 0.1) is 6.42 Å². The summed E-state index contributed by atoms with van der Waals surface area (Å²) in [5.41, 5.74) is 0.316. The van der Waals surface area contributed by atoms with Crippen LogP contribution in [0, 0.1) is 5.41 Å². The number of hydrogen-bond donors (Lipinski definition) is 2. The molecule has 1 heterocycles. The van der Waals surface area contributed by atoms with Crippen LogP contribution in [0.2, 0.25) is 0 Å². The number of hydrogen-bond acceptors (Lipinski definition) is 4. The summed E-state index contributed by atoms with van der Waals surface area (Å²) >= 11 is 1.05. The van der Waals surface area contributed by atoms with Crippen molar-refractivity contribution in [3.05, 3.63) is 17.0 Å². The maximum atomic E-state index is 11.8. The van der Waals surface area contributed by atoms with E-state index in [-0.39, 0.29) is 16.5 Å². The van der Waals surface area contributed by atoms with Crippen molar-refractivity contribution in [2.24, 2.45) is 10.6 Å². The molecule has 1 aromatic rings. The van der Waals surface area contributed by atoms with Gasteiger partial charge in [0, 0.05) is 11.4 Å². The van der Waals surface area contributed by atoms with E-state index in [4.69, 9.17) is 5.14 Å². The van der Waals surface area contributed by atoms with Crippen molar-refractivity contribution in [3.63, 3.8) is 0 Å². The number of nitrogens with one attached hydrogen (secondary N) is 1. The summed E-state index contributed by atoms with van der Waals surface area (Å²) in [5, 5.41) is 7.94. The molecular formula is C12H18N2O3S2. The van der Waals surface area contributed by atoms with Crippen molar-refractivity contribution in [1.29, 1.82) is 0 Å². The Morgan fingerprint density at radius 2 is 2.16 bits per heavy atom. The standard InChI is InChI=1S/C12H18N2O3S2/c1-2-12(5-6-12)8-14-10(15)7-9-3-4-11(18-9)19(13,16)17/h3-4H,2,5-8H2,1H3,(H,14,15)(H2,13,16,17). The summed E-state index contributed by atoms with van der Waals surface area (Å²) < 4.78 is 22.3. The van der Waals surface area contributed by atoms with Gasteiger partial charge in [-0.1, -0.05) is 6.92 Å². The molecule has 0 saturated heterocycles. The molecule has 0 aromatic carbocycles. The first-order chi connectivity index (χ1) is 8.85. The Bertz CT molecular complexity index is 574. The highest BCUT2D eigenvalue weighted by atomic mass is 32.2. The molecule has 7 heteroatoms. The largest absolute Gasteiger partial charge is 0.355 e. The third-order valence-electron chi connectivity index (χ3n) is 3.62. The van der Waals surface area contributed by atoms with Gasteiger partial charge in [-0.15, -0.1) is 11.3 Å². The van der Waals surface area contributed by atoms with Gasteiger partial charge >= 0.3 is 0 Å². The second-order valence-corrected chi connectivity index (χ2v) is 8.03. The fourth-order valence-corrected chi connectivity index (χ4v) is 3.72. The minimum absolute atomic E-state index is 0.0671. The zero-order valence-corrected chi connectivity index (χ0v) is 12.4. The monoisotopic (exact) mass is 302 g/mol. The molecule has 0 bridgehead atoms. The van der Waals surface area contributed by atoms with Crippen LogP contribution in [0.3, 0.4) is 0 Å². The summed E-state index contributed by atoms with van der Waals surface area (Å²) in [6.07, 6.45) is 3.65. The average Bonchev–Trinajstić information content (AvgIpc) is 2.96. The molecule has 1 saturated carbocycles. The molecule has 1 fully saturated rings. The number of rotatable bonds is 6. The van der Waals surface area contributed by atoms with E-state index in [1.165, 1.54) is 18.9 Å². The molecule has 0 atom stereocenters. The molecule has 1 aromatic heterocycles. The van der Waals surface area contributed by atoms with Gasteiger partial charge in [0.25, 0.3) is 0 Å². The van der Waals surface area contributed by atoms with Crippen LogP contribution in [0.15, 0.2) is 16.3 Å². The molecule has 2 rings (SSSR count). The highest BCUT2D eigenvalue weighted by Crippen LogP contribution is 2.47. The van der Waals surface area contributed by atoms with Crippen molar-refractivity contribution in [2.45, 2.75) is 36.8 Å². The third-order valence-corrected chi connectivity index (χ3v) is 6.14. The van der Waals surface area contributed by atoms with Gasteiger partial charge in [-0.2, -0.15) is 0 Å². The predicted molar refractivity (Wildman–Crippen MR) is 74.4 cm³/mol. The first-order valence-electron chi connectivity index (χ1n) is 6.23. The first-order valence-corrected chi connectivity index (χ1v) is 8.59. The van der Waals surface area contributed by atoms with Gasteiger partial charge in [-0.25, -0.2) is 13.6 Å². The number of thiophene rings is 1. The lowest BCUT2D eigenvalue weighted by molar-refractivity contribution is -0.120. The first kappa shape index (κ1) is 14.5. The van der Waals surface area contributed by atoms with E-state index in [0.717, 1.165) is 24.3 Å². The Morgan fingerprint density at radius 3 is 2.63 bits per heavy atom. The molecule has 1 amide bonds. The van der Waals surface area contributed by atoms with Gasteiger partial charge in [0.2, 0.25) is 15.9 Å². The van der Waals surface area contributed by atoms with Crippen LogP contribution in [0.5, 0.6) is 0 Å². The molecule has 0 radical (unpaired) electrons. The molecule has 19 heavy (non-hydrogen) atoms. The quantitative estimate of drug-likeness (QED) is 0.828. The summed E-state index contributed by atoms with van der Waals surface area (Å²) in [7, 11) is -3.66. The molecule has 1 aliphatic carbocycles. The predicted octanol–water partition coefficient (Wildman–Crippen LogP) is 1.24. The van der Waals surface area contributed by atoms with E-state index in [1.807, 2.05) is 0 Å². The number of primary sulfonamides is 1. The lowest BCUT2D eigenvalue weighted by Gasteiger charge is -2.12. The SMILES string of the molecule is CCC1(CNC(=O)Cc2ccc(S(N)(=O)=O)s2)CC1. The average molecular weight is 302 g/mol. The van der Waals surface area contributed by atoms with Crippen LogP contribution < -0.4 is 10.5 Å². The molecule has 0 aliphatic heterocycles. The van der Waals surface area contributed by atoms with E-state index in [1.54, 1.807) is 6.07 Å². The number of nitrogens with two attached hydrogens (primary N) is 1. The summed E-state index contributed by atoms with van der Waals surface area (Å²) in [5.74, 6) is -0.0671. The Kier molecular flexibility index (Phi) is 3.98. The fraction of sp³-hybridized carbons (Fsp3) is 0.583. The smallest absolute Gasteiger partial charge is 0.247 e. The van der Waals surface area contributed by atoms with Gasteiger partial charge in [0.15, 0.2) is 0 Å². The molecular weight excluding hydrogens is 284 g/mol. The Hall–Kier alpha value is -0.920. The normalized spacial score (nSPS) is 17.2. The van der Waals surface area contributed by atoms with E-state index in [2.05, 4.69) is 12.2 Å². The zero-order valence-electron chi connectivity index (χ0n) is 10.8. The van der Waals surface area contributed by atoms with Crippen LogP contribution in [-0.4, -0.2) is 20.9 Å². The number of carbonyl (C=O) groups excluding carboxylic acids is 1. The van der Waals surface area contributed by atoms with Crippen LogP contribution in [0.4, 0.5) is 0 Å². The minimum atomic E-state index is -3.66. The van der Waals surface area contributed by atoms with Gasteiger partial charge in [-0.05, 0) is 36.8 Å². The molecule has 106 valence electrons. The highest BCUT2D eigenvalue weighted by Gasteiger charge is 2.40. The summed E-state index contributed by atoms with van der Waals surface area (Å²) in [6, 6.07) is 3.08. The molecule has 0 spiro atoms. The van der Waals surface area contributed by atoms with Crippen LogP contribution in [0.25, 0.3) is 0 Å². The van der Waals surface area contributed by atoms with Gasteiger partial charge < -0.3 is 5.32 Å². The Labute approximate surface area is 117 Å². The van der Waals surface area contributed by atoms with Crippen molar-refractivity contribution in [2.75, 3.05) is 6.54 Å². The highest BCUT2D eigenvalue weighted by molar-refractivity contribution is 7.91. The van der Waals surface area contributed by atoms with Crippen molar-refractivity contribution < 1.29 is 13.2 Å². The minimum Gasteiger partial charge on any atom is -0.355 e. The molecule has 5 nitrogen and oxygen atoms in total. The Balaban J connectivity index is 1.87. The third kappa shape index (κ3) is 3.77. The van der Waals surface area contributed by atoms with Gasteiger partial charge in [-0.3, -0.25) is 4.79 Å². The number of carbonyl (C=O) groups is 1. The molecule has 1 aliphatic rings. The van der Waals surface area contributed by atoms with Crippen molar-refractivity contribution >= 4 is 27.3 Å². The second kappa shape index (κ2) is 5.22. The second-order valence-electron chi connectivity index (χ2n) is 5.07. The van der Waals surface area contributed by atoms with Crippen LogP contribution in [0.1, 0.15) is 31.1 Å². The zero-order chi connectivity index (χ0) is 14.1. The maximum Gasteiger partial charge on any atom is 0.247 e. The number of sulfonamides is 1. The van der Waals surface area contributed by atoms with E-state index in [0.29, 0.717) is 10.3 Å². The van der Waals surface area contributed by atoms with Crippen LogP contribution in [-0.2, 0) is 21.2 Å². The molecule has 0 unspecified atom stereocenters. The summed E-state index contributed by atoms with van der Waals surface area (Å²) in [6.45, 7) is 2.85. The lowest BCUT2D eigenvalue weighted by Crippen LogP contribution is -2.30. The summed E-state index contributed by atoms with van der Waals surface area (Å²) in [4.78, 5) is 12.5. The van der Waals surface area contributed by atoms with Gasteiger partial charge in [0.1, 0.15) is 4.21 Å². The van der Waals surface area contributed by atoms with E-state index < -0.39 is 10.0 Å². The lowest BCUT2D eigenvalue weighted by atomic mass is 10.0. The van der Waals surface area contributed by atoms with E-state index >= 15 is 0 Å².